The predicted molar refractivity (Wildman–Crippen MR) is 47.5 cm³/mol. The van der Waals surface area contributed by atoms with E-state index in [-0.39, 0.29) is 5.75 Å². The summed E-state index contributed by atoms with van der Waals surface area (Å²) in [5.41, 5.74) is 4.43. The minimum Gasteiger partial charge on any atom is -0.497 e. The molecule has 1 aromatic carbocycles. The summed E-state index contributed by atoms with van der Waals surface area (Å²) < 4.78 is 31.1. The molecule has 1 atom stereocenters. The Balaban J connectivity index is 3.25. The normalized spacial score (nSPS) is 12.3. The van der Waals surface area contributed by atoms with E-state index < -0.39 is 29.2 Å². The van der Waals surface area contributed by atoms with Gasteiger partial charge in [0.15, 0.2) is 0 Å². The number of carbonyl (C=O) groups is 1. The molecule has 0 aliphatic rings. The van der Waals surface area contributed by atoms with Crippen LogP contribution in [0.5, 0.6) is 5.75 Å². The molecule has 0 bridgehead atoms. The lowest BCUT2D eigenvalue weighted by Gasteiger charge is -2.10. The Kier molecular flexibility index (Phi) is 3.21. The van der Waals surface area contributed by atoms with Gasteiger partial charge in [-0.1, -0.05) is 0 Å². The largest absolute Gasteiger partial charge is 0.497 e. The van der Waals surface area contributed by atoms with E-state index >= 15 is 0 Å². The number of methoxy groups -OCH3 is 1. The van der Waals surface area contributed by atoms with Gasteiger partial charge >= 0.3 is 5.97 Å². The lowest BCUT2D eigenvalue weighted by Crippen LogP contribution is -2.23. The highest BCUT2D eigenvalue weighted by molar-refractivity contribution is 5.75. The minimum absolute atomic E-state index is 0.0358. The van der Waals surface area contributed by atoms with Crippen molar-refractivity contribution < 1.29 is 23.4 Å². The van der Waals surface area contributed by atoms with Gasteiger partial charge in [0.05, 0.1) is 12.7 Å². The van der Waals surface area contributed by atoms with Crippen molar-refractivity contribution in [2.45, 2.75) is 6.04 Å². The average molecular weight is 217 g/mol. The Bertz CT molecular complexity index is 372. The molecule has 0 heterocycles. The van der Waals surface area contributed by atoms with Crippen LogP contribution < -0.4 is 10.5 Å². The molecule has 0 radical (unpaired) electrons. The highest BCUT2D eigenvalue weighted by Crippen LogP contribution is 2.24. The summed E-state index contributed by atoms with van der Waals surface area (Å²) in [6.07, 6.45) is 0. The van der Waals surface area contributed by atoms with Gasteiger partial charge in [-0.25, -0.2) is 8.78 Å². The number of hydrogen-bond donors (Lipinski definition) is 2. The van der Waals surface area contributed by atoms with Crippen LogP contribution in [-0.2, 0) is 4.79 Å². The SMILES string of the molecule is COc1cc(F)c([C@H](N)C(=O)O)c(F)c1. The van der Waals surface area contributed by atoms with Crippen LogP contribution in [0.4, 0.5) is 8.78 Å². The van der Waals surface area contributed by atoms with Crippen LogP contribution in [-0.4, -0.2) is 18.2 Å². The summed E-state index contributed by atoms with van der Waals surface area (Å²) >= 11 is 0. The second-order valence-electron chi connectivity index (χ2n) is 2.82. The third-order valence-corrected chi connectivity index (χ3v) is 1.87. The van der Waals surface area contributed by atoms with E-state index in [1.165, 1.54) is 7.11 Å². The molecule has 0 fully saturated rings. The van der Waals surface area contributed by atoms with E-state index in [2.05, 4.69) is 4.74 Å². The molecular formula is C9H9F2NO3. The standard InChI is InChI=1S/C9H9F2NO3/c1-15-4-2-5(10)7(6(11)3-4)8(12)9(13)14/h2-3,8H,12H2,1H3,(H,13,14)/t8-/m0/s1. The van der Waals surface area contributed by atoms with Crippen LogP contribution in [0.25, 0.3) is 0 Å². The van der Waals surface area contributed by atoms with Gasteiger partial charge in [-0.3, -0.25) is 4.79 Å². The third kappa shape index (κ3) is 2.21. The third-order valence-electron chi connectivity index (χ3n) is 1.87. The average Bonchev–Trinajstić information content (AvgIpc) is 2.16. The van der Waals surface area contributed by atoms with Crippen molar-refractivity contribution >= 4 is 5.97 Å². The number of benzene rings is 1. The van der Waals surface area contributed by atoms with E-state index in [9.17, 15) is 13.6 Å². The Labute approximate surface area is 84.3 Å². The first kappa shape index (κ1) is 11.4. The van der Waals surface area contributed by atoms with Crippen molar-refractivity contribution in [3.05, 3.63) is 29.3 Å². The first-order valence-corrected chi connectivity index (χ1v) is 3.98. The van der Waals surface area contributed by atoms with Gasteiger partial charge in [-0.05, 0) is 0 Å². The zero-order chi connectivity index (χ0) is 11.6. The van der Waals surface area contributed by atoms with Gasteiger partial charge in [0.1, 0.15) is 23.4 Å². The highest BCUT2D eigenvalue weighted by Gasteiger charge is 2.23. The molecule has 0 saturated carbocycles. The molecule has 0 aliphatic heterocycles. The van der Waals surface area contributed by atoms with Crippen LogP contribution in [0.15, 0.2) is 12.1 Å². The number of halogens is 2. The summed E-state index contributed by atoms with van der Waals surface area (Å²) in [7, 11) is 1.24. The number of carboxylic acids is 1. The maximum Gasteiger partial charge on any atom is 0.325 e. The molecule has 0 unspecified atom stereocenters. The lowest BCUT2D eigenvalue weighted by atomic mass is 10.1. The van der Waals surface area contributed by atoms with Crippen LogP contribution in [0.1, 0.15) is 11.6 Å². The van der Waals surface area contributed by atoms with E-state index in [0.29, 0.717) is 0 Å². The fraction of sp³-hybridized carbons (Fsp3) is 0.222. The Morgan fingerprint density at radius 2 is 1.93 bits per heavy atom. The van der Waals surface area contributed by atoms with Gasteiger partial charge in [0.25, 0.3) is 0 Å². The summed E-state index contributed by atoms with van der Waals surface area (Å²) in [5.74, 6) is -3.62. The second kappa shape index (κ2) is 4.22. The van der Waals surface area contributed by atoms with Gasteiger partial charge in [-0.15, -0.1) is 0 Å². The van der Waals surface area contributed by atoms with E-state index in [1.807, 2.05) is 0 Å². The van der Waals surface area contributed by atoms with Gasteiger partial charge in [0, 0.05) is 12.1 Å². The van der Waals surface area contributed by atoms with Gasteiger partial charge in [-0.2, -0.15) is 0 Å². The number of nitrogens with two attached hydrogens (primary N) is 1. The first-order valence-electron chi connectivity index (χ1n) is 3.98. The maximum atomic E-state index is 13.2. The Morgan fingerprint density at radius 1 is 1.47 bits per heavy atom. The smallest absolute Gasteiger partial charge is 0.325 e. The molecule has 6 heteroatoms. The monoisotopic (exact) mass is 217 g/mol. The summed E-state index contributed by atoms with van der Waals surface area (Å²) in [6.45, 7) is 0. The summed E-state index contributed by atoms with van der Waals surface area (Å²) in [6, 6.07) is 0.0264. The van der Waals surface area contributed by atoms with Crippen molar-refractivity contribution in [1.29, 1.82) is 0 Å². The molecule has 1 rings (SSSR count). The topological polar surface area (TPSA) is 72.5 Å². The fourth-order valence-electron chi connectivity index (χ4n) is 1.10. The summed E-state index contributed by atoms with van der Waals surface area (Å²) in [5, 5.41) is 8.52. The molecule has 0 aliphatic carbocycles. The van der Waals surface area contributed by atoms with Crippen molar-refractivity contribution in [2.24, 2.45) is 5.73 Å². The molecule has 15 heavy (non-hydrogen) atoms. The first-order chi connectivity index (χ1) is 6.97. The van der Waals surface area contributed by atoms with Crippen LogP contribution >= 0.6 is 0 Å². The van der Waals surface area contributed by atoms with Gasteiger partial charge in [0.2, 0.25) is 0 Å². The number of aliphatic carboxylic acids is 1. The van der Waals surface area contributed by atoms with Crippen LogP contribution in [0.3, 0.4) is 0 Å². The zero-order valence-corrected chi connectivity index (χ0v) is 7.83. The summed E-state index contributed by atoms with van der Waals surface area (Å²) in [4.78, 5) is 10.5. The van der Waals surface area contributed by atoms with Crippen molar-refractivity contribution in [2.75, 3.05) is 7.11 Å². The van der Waals surface area contributed by atoms with Crippen LogP contribution in [0, 0.1) is 11.6 Å². The lowest BCUT2D eigenvalue weighted by molar-refractivity contribution is -0.138. The fourth-order valence-corrected chi connectivity index (χ4v) is 1.10. The number of hydrogen-bond acceptors (Lipinski definition) is 3. The molecular weight excluding hydrogens is 208 g/mol. The number of rotatable bonds is 3. The Hall–Kier alpha value is -1.69. The van der Waals surface area contributed by atoms with E-state index in [1.54, 1.807) is 0 Å². The van der Waals surface area contributed by atoms with Gasteiger partial charge < -0.3 is 15.6 Å². The molecule has 82 valence electrons. The predicted octanol–water partition coefficient (Wildman–Crippen LogP) is 1.06. The molecule has 1 aromatic rings. The molecule has 0 saturated heterocycles. The minimum atomic E-state index is -1.73. The second-order valence-corrected chi connectivity index (χ2v) is 2.82. The quantitative estimate of drug-likeness (QED) is 0.793. The van der Waals surface area contributed by atoms with Crippen molar-refractivity contribution in [3.63, 3.8) is 0 Å². The molecule has 3 N–H and O–H groups in total. The number of ether oxygens (including phenoxy) is 1. The van der Waals surface area contributed by atoms with Crippen molar-refractivity contribution in [1.82, 2.24) is 0 Å². The molecule has 0 aromatic heterocycles. The molecule has 0 spiro atoms. The molecule has 0 amide bonds. The zero-order valence-electron chi connectivity index (χ0n) is 7.83. The molecule has 4 nitrogen and oxygen atoms in total. The van der Waals surface area contributed by atoms with E-state index in [4.69, 9.17) is 10.8 Å². The maximum absolute atomic E-state index is 13.2. The highest BCUT2D eigenvalue weighted by atomic mass is 19.1. The number of carboxylic acid groups (broad SMARTS) is 1. The van der Waals surface area contributed by atoms with Crippen molar-refractivity contribution in [3.8, 4) is 5.75 Å². The Morgan fingerprint density at radius 3 is 2.27 bits per heavy atom. The van der Waals surface area contributed by atoms with E-state index in [0.717, 1.165) is 12.1 Å². The van der Waals surface area contributed by atoms with Crippen LogP contribution in [0.2, 0.25) is 0 Å².